The monoisotopic (exact) mass is 278 g/mol. The fourth-order valence-corrected chi connectivity index (χ4v) is 2.04. The second kappa shape index (κ2) is 5.64. The molecule has 0 atom stereocenters. The van der Waals surface area contributed by atoms with Crippen LogP contribution in [0.4, 0.5) is 25.8 Å². The van der Waals surface area contributed by atoms with Crippen molar-refractivity contribution < 1.29 is 13.7 Å². The number of benzene rings is 2. The maximum Gasteiger partial charge on any atom is 0.328 e. The Morgan fingerprint density at radius 3 is 2.25 bits per heavy atom. The van der Waals surface area contributed by atoms with E-state index in [1.165, 1.54) is 35.2 Å². The van der Waals surface area contributed by atoms with Crippen molar-refractivity contribution in [2.45, 2.75) is 6.92 Å². The van der Waals surface area contributed by atoms with Gasteiger partial charge in [0.2, 0.25) is 5.82 Å². The molecule has 2 aromatic carbocycles. The molecule has 0 N–H and O–H groups in total. The highest BCUT2D eigenvalue weighted by molar-refractivity contribution is 5.72. The van der Waals surface area contributed by atoms with Gasteiger partial charge in [-0.25, -0.2) is 4.39 Å². The van der Waals surface area contributed by atoms with Crippen molar-refractivity contribution >= 4 is 17.1 Å². The third-order valence-corrected chi connectivity index (χ3v) is 2.90. The van der Waals surface area contributed by atoms with Gasteiger partial charge in [0.25, 0.3) is 0 Å². The Kier molecular flexibility index (Phi) is 3.93. The van der Waals surface area contributed by atoms with Crippen LogP contribution in [0.5, 0.6) is 0 Å². The molecule has 104 valence electrons. The lowest BCUT2D eigenvalue weighted by atomic mass is 10.2. The van der Waals surface area contributed by atoms with E-state index in [1.54, 1.807) is 13.0 Å². The molecule has 0 fully saturated rings. The SMILES string of the molecule is CCN(c1ccccc1F)c1cccc(F)c1[N+](=O)[O-]. The standard InChI is InChI=1S/C14H12F2N2O2/c1-2-17(12-8-4-3-6-10(12)15)13-9-5-7-11(16)14(13)18(19)20/h3-9H,2H2,1H3. The normalized spacial score (nSPS) is 10.3. The number of hydrogen-bond donors (Lipinski definition) is 0. The highest BCUT2D eigenvalue weighted by Crippen LogP contribution is 2.36. The van der Waals surface area contributed by atoms with Crippen LogP contribution in [0.25, 0.3) is 0 Å². The Morgan fingerprint density at radius 2 is 1.65 bits per heavy atom. The molecule has 0 aliphatic rings. The third kappa shape index (κ3) is 2.45. The van der Waals surface area contributed by atoms with Crippen LogP contribution < -0.4 is 4.90 Å². The summed E-state index contributed by atoms with van der Waals surface area (Å²) in [5, 5.41) is 11.0. The van der Waals surface area contributed by atoms with Crippen molar-refractivity contribution in [3.8, 4) is 0 Å². The number of halogens is 2. The van der Waals surface area contributed by atoms with Gasteiger partial charge in [-0.2, -0.15) is 4.39 Å². The average Bonchev–Trinajstić information content (AvgIpc) is 2.41. The average molecular weight is 278 g/mol. The summed E-state index contributed by atoms with van der Waals surface area (Å²) < 4.78 is 27.5. The first kappa shape index (κ1) is 13.9. The molecule has 0 heterocycles. The number of nitrogens with zero attached hydrogens (tertiary/aromatic N) is 2. The highest BCUT2D eigenvalue weighted by Gasteiger charge is 2.25. The van der Waals surface area contributed by atoms with E-state index >= 15 is 0 Å². The van der Waals surface area contributed by atoms with Gasteiger partial charge in [0, 0.05) is 6.54 Å². The number of hydrogen-bond acceptors (Lipinski definition) is 3. The van der Waals surface area contributed by atoms with Crippen molar-refractivity contribution in [1.29, 1.82) is 0 Å². The van der Waals surface area contributed by atoms with E-state index in [9.17, 15) is 18.9 Å². The minimum atomic E-state index is -0.942. The van der Waals surface area contributed by atoms with Gasteiger partial charge in [-0.3, -0.25) is 10.1 Å². The Labute approximate surface area is 114 Å². The Balaban J connectivity index is 2.62. The quantitative estimate of drug-likeness (QED) is 0.626. The van der Waals surface area contributed by atoms with Crippen molar-refractivity contribution in [1.82, 2.24) is 0 Å². The summed E-state index contributed by atoms with van der Waals surface area (Å²) >= 11 is 0. The van der Waals surface area contributed by atoms with Crippen molar-refractivity contribution in [3.05, 3.63) is 64.2 Å². The number of rotatable bonds is 4. The van der Waals surface area contributed by atoms with Crippen molar-refractivity contribution in [3.63, 3.8) is 0 Å². The van der Waals surface area contributed by atoms with Crippen LogP contribution in [0, 0.1) is 21.7 Å². The summed E-state index contributed by atoms with van der Waals surface area (Å²) in [4.78, 5) is 11.6. The van der Waals surface area contributed by atoms with Gasteiger partial charge in [0.05, 0.1) is 10.6 Å². The van der Waals surface area contributed by atoms with E-state index in [-0.39, 0.29) is 17.9 Å². The van der Waals surface area contributed by atoms with E-state index in [0.29, 0.717) is 0 Å². The molecule has 4 nitrogen and oxygen atoms in total. The topological polar surface area (TPSA) is 46.4 Å². The molecule has 0 spiro atoms. The molecule has 2 rings (SSSR count). The minimum absolute atomic E-state index is 0.0302. The predicted molar refractivity (Wildman–Crippen MR) is 72.1 cm³/mol. The van der Waals surface area contributed by atoms with Gasteiger partial charge >= 0.3 is 5.69 Å². The Bertz CT molecular complexity index is 647. The van der Waals surface area contributed by atoms with Crippen LogP contribution >= 0.6 is 0 Å². The summed E-state index contributed by atoms with van der Waals surface area (Å²) in [5.41, 5.74) is -0.455. The van der Waals surface area contributed by atoms with Gasteiger partial charge < -0.3 is 4.90 Å². The summed E-state index contributed by atoms with van der Waals surface area (Å²) in [6.07, 6.45) is 0. The first-order chi connectivity index (χ1) is 9.56. The smallest absolute Gasteiger partial charge is 0.328 e. The molecular formula is C14H12F2N2O2. The number of para-hydroxylation sites is 2. The molecule has 0 amide bonds. The molecule has 2 aromatic rings. The molecule has 0 unspecified atom stereocenters. The maximum absolute atomic E-state index is 13.8. The fourth-order valence-electron chi connectivity index (χ4n) is 2.04. The molecule has 0 radical (unpaired) electrons. The van der Waals surface area contributed by atoms with Crippen LogP contribution in [0.1, 0.15) is 6.92 Å². The van der Waals surface area contributed by atoms with Crippen LogP contribution in [0.3, 0.4) is 0 Å². The molecule has 0 aliphatic heterocycles. The predicted octanol–water partition coefficient (Wildman–Crippen LogP) is 4.03. The molecule has 6 heteroatoms. The van der Waals surface area contributed by atoms with Crippen LogP contribution in [-0.2, 0) is 0 Å². The van der Waals surface area contributed by atoms with Gasteiger partial charge in [-0.15, -0.1) is 0 Å². The van der Waals surface area contributed by atoms with E-state index in [2.05, 4.69) is 0 Å². The third-order valence-electron chi connectivity index (χ3n) is 2.90. The summed E-state index contributed by atoms with van der Waals surface area (Å²) in [7, 11) is 0. The lowest BCUT2D eigenvalue weighted by molar-refractivity contribution is -0.386. The summed E-state index contributed by atoms with van der Waals surface area (Å²) in [5.74, 6) is -1.46. The zero-order valence-electron chi connectivity index (χ0n) is 10.7. The number of nitro groups is 1. The van der Waals surface area contributed by atoms with Crippen molar-refractivity contribution in [2.75, 3.05) is 11.4 Å². The molecule has 0 saturated carbocycles. The van der Waals surface area contributed by atoms with Crippen molar-refractivity contribution in [2.24, 2.45) is 0 Å². The molecule has 20 heavy (non-hydrogen) atoms. The molecule has 0 aliphatic carbocycles. The van der Waals surface area contributed by atoms with Gasteiger partial charge in [-0.1, -0.05) is 18.2 Å². The number of nitro benzene ring substituents is 1. The summed E-state index contributed by atoms with van der Waals surface area (Å²) in [6.45, 7) is 1.98. The van der Waals surface area contributed by atoms with E-state index < -0.39 is 22.2 Å². The van der Waals surface area contributed by atoms with Crippen LogP contribution in [0.2, 0.25) is 0 Å². The van der Waals surface area contributed by atoms with Gasteiger partial charge in [-0.05, 0) is 31.2 Å². The first-order valence-electron chi connectivity index (χ1n) is 6.01. The maximum atomic E-state index is 13.8. The zero-order chi connectivity index (χ0) is 14.7. The van der Waals surface area contributed by atoms with E-state index in [0.717, 1.165) is 6.07 Å². The first-order valence-corrected chi connectivity index (χ1v) is 6.01. The van der Waals surface area contributed by atoms with Gasteiger partial charge in [0.15, 0.2) is 0 Å². The van der Waals surface area contributed by atoms with Crippen LogP contribution in [0.15, 0.2) is 42.5 Å². The highest BCUT2D eigenvalue weighted by atomic mass is 19.1. The van der Waals surface area contributed by atoms with E-state index in [4.69, 9.17) is 0 Å². The second-order valence-corrected chi connectivity index (χ2v) is 4.06. The molecular weight excluding hydrogens is 266 g/mol. The Morgan fingerprint density at radius 1 is 1.05 bits per heavy atom. The number of anilines is 2. The van der Waals surface area contributed by atoms with E-state index in [1.807, 2.05) is 0 Å². The van der Waals surface area contributed by atoms with Gasteiger partial charge in [0.1, 0.15) is 11.5 Å². The van der Waals surface area contributed by atoms with Crippen LogP contribution in [-0.4, -0.2) is 11.5 Å². The zero-order valence-corrected chi connectivity index (χ0v) is 10.7. The second-order valence-electron chi connectivity index (χ2n) is 4.06. The molecule has 0 aromatic heterocycles. The fraction of sp³-hybridized carbons (Fsp3) is 0.143. The lowest BCUT2D eigenvalue weighted by Crippen LogP contribution is -2.19. The minimum Gasteiger partial charge on any atom is -0.334 e. The molecule has 0 bridgehead atoms. The Hall–Kier alpha value is -2.50. The molecule has 0 saturated heterocycles. The lowest BCUT2D eigenvalue weighted by Gasteiger charge is -2.23. The summed E-state index contributed by atoms with van der Waals surface area (Å²) in [6, 6.07) is 9.66. The largest absolute Gasteiger partial charge is 0.334 e.